The van der Waals surface area contributed by atoms with E-state index in [0.717, 1.165) is 39.0 Å². The molecule has 3 rings (SSSR count). The minimum absolute atomic E-state index is 0.0234. The summed E-state index contributed by atoms with van der Waals surface area (Å²) in [6.07, 6.45) is -8.01. The zero-order valence-corrected chi connectivity index (χ0v) is 35.6. The Morgan fingerprint density at radius 2 is 1.44 bits per heavy atom. The standard InChI is InChI=1S/C42H50F3N3O16/c1-7-16-57-17-18-58-19-20-59-41(39(54)56-6)22-33(61-26(3)50)36(48-40(55)47-24-42(43,44)45)38(64-41)37(63-28(5)52)34(62-27(4)51)23-46-35(53)21-29-8-10-30(11-9-29)31-12-14-32(15-13-31)60-25(2)49/h1,8-15,33-34,36-38H,16-24H2,2-6H3,(H,46,53)(H2,47,48,55)/t33-,34+,36+,37+,38+,41+/m0/s1. The van der Waals surface area contributed by atoms with Crippen molar-refractivity contribution in [3.8, 4) is 29.2 Å². The molecule has 2 aromatic carbocycles. The Hall–Kier alpha value is -6.28. The number of carbonyl (C=O) groups excluding carboxylic acids is 7. The first-order valence-electron chi connectivity index (χ1n) is 19.5. The summed E-state index contributed by atoms with van der Waals surface area (Å²) < 4.78 is 88.7. The van der Waals surface area contributed by atoms with Gasteiger partial charge in [0, 0.05) is 27.7 Å². The fraction of sp³-hybridized carbons (Fsp3) is 0.500. The lowest BCUT2D eigenvalue weighted by Crippen LogP contribution is -2.70. The van der Waals surface area contributed by atoms with Crippen LogP contribution in [0.5, 0.6) is 5.75 Å². The number of esters is 5. The number of nitrogens with one attached hydrogen (secondary N) is 3. The van der Waals surface area contributed by atoms with Crippen molar-refractivity contribution in [3.05, 3.63) is 54.1 Å². The third-order valence-electron chi connectivity index (χ3n) is 8.81. The lowest BCUT2D eigenvalue weighted by Gasteiger charge is -2.48. The van der Waals surface area contributed by atoms with Crippen LogP contribution in [0.15, 0.2) is 48.5 Å². The van der Waals surface area contributed by atoms with Crippen LogP contribution in [0.2, 0.25) is 0 Å². The summed E-state index contributed by atoms with van der Waals surface area (Å²) in [7, 11) is 0.958. The number of amides is 3. The second-order valence-electron chi connectivity index (χ2n) is 13.9. The molecule has 6 atom stereocenters. The molecule has 64 heavy (non-hydrogen) atoms. The Balaban J connectivity index is 1.98. The SMILES string of the molecule is C#CCOCCOCCO[C@]1(C(=O)OC)C[C@H](OC(C)=O)[C@@H](NC(=O)NCC(F)(F)F)[C@H]([C@H](OC(C)=O)[C@@H](CNC(=O)Cc2ccc(-c3ccc(OC(C)=O)cc3)cc2)OC(C)=O)O1. The predicted molar refractivity (Wildman–Crippen MR) is 214 cm³/mol. The maximum atomic E-state index is 13.6. The van der Waals surface area contributed by atoms with E-state index in [2.05, 4.69) is 16.6 Å². The van der Waals surface area contributed by atoms with E-state index in [0.29, 0.717) is 11.3 Å². The van der Waals surface area contributed by atoms with Gasteiger partial charge in [-0.1, -0.05) is 42.3 Å². The number of halogens is 3. The number of hydrogen-bond acceptors (Lipinski definition) is 16. The van der Waals surface area contributed by atoms with Crippen molar-refractivity contribution in [2.24, 2.45) is 0 Å². The Morgan fingerprint density at radius 3 is 2.00 bits per heavy atom. The zero-order chi connectivity index (χ0) is 47.5. The van der Waals surface area contributed by atoms with Gasteiger partial charge in [-0.15, -0.1) is 6.42 Å². The molecule has 0 saturated carbocycles. The molecule has 1 fully saturated rings. The summed E-state index contributed by atoms with van der Waals surface area (Å²) in [5.41, 5.74) is 2.10. The molecule has 19 nitrogen and oxygen atoms in total. The molecule has 0 unspecified atom stereocenters. The van der Waals surface area contributed by atoms with Crippen LogP contribution >= 0.6 is 0 Å². The van der Waals surface area contributed by atoms with Crippen LogP contribution in [0.1, 0.15) is 39.7 Å². The monoisotopic (exact) mass is 909 g/mol. The molecular weight excluding hydrogens is 859 g/mol. The zero-order valence-electron chi connectivity index (χ0n) is 35.6. The largest absolute Gasteiger partial charge is 0.465 e. The number of hydrogen-bond donors (Lipinski definition) is 3. The Bertz CT molecular complexity index is 1960. The molecule has 1 aliphatic heterocycles. The smallest absolute Gasteiger partial charge is 0.405 e. The topological polar surface area (TPSA) is 239 Å². The van der Waals surface area contributed by atoms with Gasteiger partial charge in [0.15, 0.2) is 12.2 Å². The number of ether oxygens (including phenoxy) is 9. The fourth-order valence-electron chi connectivity index (χ4n) is 6.30. The van der Waals surface area contributed by atoms with E-state index < -0.39 is 110 Å². The van der Waals surface area contributed by atoms with Crippen LogP contribution in [-0.4, -0.2) is 137 Å². The van der Waals surface area contributed by atoms with Crippen molar-refractivity contribution < 1.29 is 89.4 Å². The van der Waals surface area contributed by atoms with E-state index in [4.69, 9.17) is 49.1 Å². The van der Waals surface area contributed by atoms with Crippen LogP contribution in [0, 0.1) is 12.3 Å². The van der Waals surface area contributed by atoms with Gasteiger partial charge < -0.3 is 58.6 Å². The molecule has 22 heteroatoms. The molecule has 1 aliphatic rings. The third kappa shape index (κ3) is 17.5. The number of urea groups is 1. The van der Waals surface area contributed by atoms with Gasteiger partial charge in [0.2, 0.25) is 5.91 Å². The second-order valence-corrected chi connectivity index (χ2v) is 13.9. The van der Waals surface area contributed by atoms with E-state index in [1.807, 2.05) is 0 Å². The molecule has 0 bridgehead atoms. The summed E-state index contributed by atoms with van der Waals surface area (Å²) in [6, 6.07) is 10.3. The summed E-state index contributed by atoms with van der Waals surface area (Å²) in [6.45, 7) is 1.29. The summed E-state index contributed by atoms with van der Waals surface area (Å²) in [5, 5.41) is 6.42. The van der Waals surface area contributed by atoms with Gasteiger partial charge >= 0.3 is 42.1 Å². The lowest BCUT2D eigenvalue weighted by atomic mass is 9.88. The highest BCUT2D eigenvalue weighted by Gasteiger charge is 2.59. The number of methoxy groups -OCH3 is 1. The molecule has 350 valence electrons. The van der Waals surface area contributed by atoms with Crippen molar-refractivity contribution in [1.29, 1.82) is 0 Å². The van der Waals surface area contributed by atoms with Gasteiger partial charge in [-0.05, 0) is 28.8 Å². The summed E-state index contributed by atoms with van der Waals surface area (Å²) >= 11 is 0. The first kappa shape index (κ1) is 52.1. The van der Waals surface area contributed by atoms with Gasteiger partial charge in [0.05, 0.1) is 59.0 Å². The number of alkyl halides is 3. The van der Waals surface area contributed by atoms with Gasteiger partial charge in [-0.25, -0.2) is 9.59 Å². The van der Waals surface area contributed by atoms with E-state index in [1.165, 1.54) is 6.92 Å². The highest BCUT2D eigenvalue weighted by atomic mass is 19.4. The molecular formula is C42H50F3N3O16. The normalized spacial score (nSPS) is 19.1. The third-order valence-corrected chi connectivity index (χ3v) is 8.81. The second kappa shape index (κ2) is 25.1. The van der Waals surface area contributed by atoms with Crippen molar-refractivity contribution in [2.75, 3.05) is 53.2 Å². The van der Waals surface area contributed by atoms with E-state index >= 15 is 0 Å². The Morgan fingerprint density at radius 1 is 0.828 bits per heavy atom. The van der Waals surface area contributed by atoms with Gasteiger partial charge in [-0.2, -0.15) is 13.2 Å². The van der Waals surface area contributed by atoms with Crippen LogP contribution in [0.25, 0.3) is 11.1 Å². The molecule has 0 aromatic heterocycles. The van der Waals surface area contributed by atoms with Crippen molar-refractivity contribution in [1.82, 2.24) is 16.0 Å². The molecule has 3 N–H and O–H groups in total. The maximum Gasteiger partial charge on any atom is 0.405 e. The van der Waals surface area contributed by atoms with Crippen LogP contribution < -0.4 is 20.7 Å². The van der Waals surface area contributed by atoms with Gasteiger partial charge in [0.1, 0.15) is 31.1 Å². The van der Waals surface area contributed by atoms with Crippen LogP contribution in [-0.2, 0) is 73.1 Å². The Labute approximate surface area is 366 Å². The minimum atomic E-state index is -4.86. The number of carbonyl (C=O) groups is 7. The highest BCUT2D eigenvalue weighted by molar-refractivity contribution is 5.80. The molecule has 1 heterocycles. The van der Waals surface area contributed by atoms with Crippen LogP contribution in [0.3, 0.4) is 0 Å². The fourth-order valence-corrected chi connectivity index (χ4v) is 6.30. The van der Waals surface area contributed by atoms with Crippen molar-refractivity contribution in [2.45, 2.75) is 83.0 Å². The molecule has 2 aromatic rings. The average Bonchev–Trinajstić information content (AvgIpc) is 3.22. The molecule has 0 spiro atoms. The summed E-state index contributed by atoms with van der Waals surface area (Å²) in [5.74, 6) is -5.29. The average molecular weight is 910 g/mol. The predicted octanol–water partition coefficient (Wildman–Crippen LogP) is 2.30. The number of rotatable bonds is 22. The molecule has 3 amide bonds. The van der Waals surface area contributed by atoms with E-state index in [9.17, 15) is 46.7 Å². The lowest BCUT2D eigenvalue weighted by molar-refractivity contribution is -0.314. The molecule has 1 saturated heterocycles. The Kier molecular flexibility index (Phi) is 20.4. The van der Waals surface area contributed by atoms with Gasteiger partial charge in [0.25, 0.3) is 5.79 Å². The highest BCUT2D eigenvalue weighted by Crippen LogP contribution is 2.37. The first-order chi connectivity index (χ1) is 30.2. The first-order valence-corrected chi connectivity index (χ1v) is 19.5. The van der Waals surface area contributed by atoms with Crippen LogP contribution in [0.4, 0.5) is 18.0 Å². The van der Waals surface area contributed by atoms with Gasteiger partial charge in [-0.3, -0.25) is 24.0 Å². The molecule has 0 radical (unpaired) electrons. The molecule has 0 aliphatic carbocycles. The minimum Gasteiger partial charge on any atom is -0.465 e. The summed E-state index contributed by atoms with van der Waals surface area (Å²) in [4.78, 5) is 89.0. The van der Waals surface area contributed by atoms with E-state index in [-0.39, 0.29) is 32.8 Å². The maximum absolute atomic E-state index is 13.6. The van der Waals surface area contributed by atoms with Crippen molar-refractivity contribution in [3.63, 3.8) is 0 Å². The van der Waals surface area contributed by atoms with Crippen molar-refractivity contribution >= 4 is 41.8 Å². The van der Waals surface area contributed by atoms with E-state index in [1.54, 1.807) is 53.8 Å². The number of terminal acetylenes is 1. The quantitative estimate of drug-likeness (QED) is 0.0505. The number of benzene rings is 2.